The van der Waals surface area contributed by atoms with Crippen LogP contribution in [0.4, 0.5) is 4.39 Å². The van der Waals surface area contributed by atoms with Crippen LogP contribution in [0.5, 0.6) is 0 Å². The van der Waals surface area contributed by atoms with Crippen LogP contribution in [-0.2, 0) is 0 Å². The van der Waals surface area contributed by atoms with Gasteiger partial charge in [0.15, 0.2) is 0 Å². The van der Waals surface area contributed by atoms with Gasteiger partial charge < -0.3 is 5.32 Å². The fraction of sp³-hybridized carbons (Fsp3) is 0.333. The summed E-state index contributed by atoms with van der Waals surface area (Å²) in [6.45, 7) is 6.97. The van der Waals surface area contributed by atoms with Crippen LogP contribution in [0, 0.1) is 12.7 Å². The Kier molecular flexibility index (Phi) is 5.83. The van der Waals surface area contributed by atoms with Crippen molar-refractivity contribution in [3.05, 3.63) is 65.0 Å². The molecule has 2 aromatic carbocycles. The molecule has 0 aliphatic heterocycles. The number of halogens is 1. The molecule has 0 radical (unpaired) electrons. The average Bonchev–Trinajstić information content (AvgIpc) is 2.49. The van der Waals surface area contributed by atoms with E-state index in [1.807, 2.05) is 37.7 Å². The van der Waals surface area contributed by atoms with Gasteiger partial charge in [0.2, 0.25) is 0 Å². The molecule has 0 amide bonds. The molecule has 21 heavy (non-hydrogen) atoms. The van der Waals surface area contributed by atoms with Gasteiger partial charge in [-0.05, 0) is 43.0 Å². The van der Waals surface area contributed by atoms with Crippen molar-refractivity contribution in [3.8, 4) is 0 Å². The van der Waals surface area contributed by atoms with Crippen molar-refractivity contribution in [1.82, 2.24) is 5.32 Å². The third-order valence-corrected chi connectivity index (χ3v) is 4.29. The zero-order valence-corrected chi connectivity index (χ0v) is 13.6. The van der Waals surface area contributed by atoms with Gasteiger partial charge >= 0.3 is 0 Å². The number of hydrogen-bond acceptors (Lipinski definition) is 2. The molecule has 0 saturated carbocycles. The third kappa shape index (κ3) is 4.08. The van der Waals surface area contributed by atoms with Crippen LogP contribution in [0.1, 0.15) is 36.6 Å². The Labute approximate surface area is 131 Å². The fourth-order valence-electron chi connectivity index (χ4n) is 2.42. The molecular formula is C18H22FNS. The highest BCUT2D eigenvalue weighted by Gasteiger charge is 2.17. The maximum atomic E-state index is 14.2. The van der Waals surface area contributed by atoms with E-state index in [4.69, 9.17) is 0 Å². The lowest BCUT2D eigenvalue weighted by atomic mass is 9.97. The molecule has 1 atom stereocenters. The molecule has 0 bridgehead atoms. The standard InChI is InChI=1S/C18H22FNS/c1-4-20-18(16-12-13(3)6-11-17(16)19)14-7-9-15(10-8-14)21-5-2/h6-12,18,20H,4-5H2,1-3H3. The molecule has 1 N–H and O–H groups in total. The van der Waals surface area contributed by atoms with Gasteiger partial charge in [-0.3, -0.25) is 0 Å². The van der Waals surface area contributed by atoms with E-state index in [-0.39, 0.29) is 11.9 Å². The van der Waals surface area contributed by atoms with Gasteiger partial charge in [0.25, 0.3) is 0 Å². The summed E-state index contributed by atoms with van der Waals surface area (Å²) in [6, 6.07) is 13.6. The van der Waals surface area contributed by atoms with Crippen LogP contribution < -0.4 is 5.32 Å². The number of thioether (sulfide) groups is 1. The molecule has 0 saturated heterocycles. The molecular weight excluding hydrogens is 281 g/mol. The Bertz CT molecular complexity index is 580. The normalized spacial score (nSPS) is 12.4. The molecule has 0 spiro atoms. The van der Waals surface area contributed by atoms with Gasteiger partial charge in [0, 0.05) is 10.5 Å². The highest BCUT2D eigenvalue weighted by Crippen LogP contribution is 2.27. The third-order valence-electron chi connectivity index (χ3n) is 3.40. The van der Waals surface area contributed by atoms with Gasteiger partial charge in [0.05, 0.1) is 6.04 Å². The van der Waals surface area contributed by atoms with Crippen LogP contribution in [-0.4, -0.2) is 12.3 Å². The SMILES string of the molecule is CCNC(c1ccc(SCC)cc1)c1cc(C)ccc1F. The molecule has 112 valence electrons. The van der Waals surface area contributed by atoms with Crippen LogP contribution >= 0.6 is 11.8 Å². The Morgan fingerprint density at radius 2 is 1.81 bits per heavy atom. The average molecular weight is 303 g/mol. The summed E-state index contributed by atoms with van der Waals surface area (Å²) in [5.41, 5.74) is 2.89. The smallest absolute Gasteiger partial charge is 0.128 e. The second-order valence-corrected chi connectivity index (χ2v) is 6.36. The summed E-state index contributed by atoms with van der Waals surface area (Å²) < 4.78 is 14.2. The molecule has 2 aromatic rings. The van der Waals surface area contributed by atoms with Crippen molar-refractivity contribution in [2.45, 2.75) is 31.7 Å². The number of nitrogens with one attached hydrogen (secondary N) is 1. The number of aryl methyl sites for hydroxylation is 1. The second-order valence-electron chi connectivity index (χ2n) is 5.02. The minimum Gasteiger partial charge on any atom is -0.306 e. The molecule has 0 aliphatic carbocycles. The van der Waals surface area contributed by atoms with Crippen molar-refractivity contribution in [3.63, 3.8) is 0 Å². The van der Waals surface area contributed by atoms with Crippen LogP contribution in [0.3, 0.4) is 0 Å². The minimum atomic E-state index is -0.154. The summed E-state index contributed by atoms with van der Waals surface area (Å²) in [7, 11) is 0. The Morgan fingerprint density at radius 3 is 2.43 bits per heavy atom. The lowest BCUT2D eigenvalue weighted by molar-refractivity contribution is 0.558. The van der Waals surface area contributed by atoms with E-state index in [9.17, 15) is 4.39 Å². The highest BCUT2D eigenvalue weighted by molar-refractivity contribution is 7.99. The van der Waals surface area contributed by atoms with E-state index in [1.54, 1.807) is 6.07 Å². The molecule has 3 heteroatoms. The number of hydrogen-bond donors (Lipinski definition) is 1. The molecule has 0 aromatic heterocycles. The zero-order valence-electron chi connectivity index (χ0n) is 12.8. The number of benzene rings is 2. The fourth-order valence-corrected chi connectivity index (χ4v) is 3.08. The summed E-state index contributed by atoms with van der Waals surface area (Å²) in [5.74, 6) is 0.904. The van der Waals surface area contributed by atoms with Crippen LogP contribution in [0.2, 0.25) is 0 Å². The Hall–Kier alpha value is -1.32. The van der Waals surface area contributed by atoms with Gasteiger partial charge in [-0.25, -0.2) is 4.39 Å². The molecule has 0 fully saturated rings. The molecule has 0 aliphatic rings. The summed E-state index contributed by atoms with van der Waals surface area (Å²) in [5, 5.41) is 3.39. The largest absolute Gasteiger partial charge is 0.306 e. The van der Waals surface area contributed by atoms with Gasteiger partial charge in [0.1, 0.15) is 5.82 Å². The molecule has 1 unspecified atom stereocenters. The van der Waals surface area contributed by atoms with Crippen molar-refractivity contribution < 1.29 is 4.39 Å². The lowest BCUT2D eigenvalue weighted by Gasteiger charge is -2.20. The summed E-state index contributed by atoms with van der Waals surface area (Å²) in [4.78, 5) is 1.25. The van der Waals surface area contributed by atoms with Crippen LogP contribution in [0.25, 0.3) is 0 Å². The van der Waals surface area contributed by atoms with Gasteiger partial charge in [-0.1, -0.05) is 43.7 Å². The van der Waals surface area contributed by atoms with Crippen LogP contribution in [0.15, 0.2) is 47.4 Å². The first kappa shape index (κ1) is 16.1. The predicted octanol–water partition coefficient (Wildman–Crippen LogP) is 4.95. The van der Waals surface area contributed by atoms with E-state index in [0.717, 1.165) is 23.4 Å². The lowest BCUT2D eigenvalue weighted by Crippen LogP contribution is -2.23. The van der Waals surface area contributed by atoms with E-state index in [0.29, 0.717) is 5.56 Å². The molecule has 1 nitrogen and oxygen atoms in total. The van der Waals surface area contributed by atoms with Gasteiger partial charge in [-0.2, -0.15) is 0 Å². The van der Waals surface area contributed by atoms with E-state index in [1.165, 1.54) is 4.90 Å². The van der Waals surface area contributed by atoms with E-state index >= 15 is 0 Å². The van der Waals surface area contributed by atoms with Gasteiger partial charge in [-0.15, -0.1) is 11.8 Å². The maximum absolute atomic E-state index is 14.2. The Balaban J connectivity index is 2.35. The first-order chi connectivity index (χ1) is 10.2. The topological polar surface area (TPSA) is 12.0 Å². The highest BCUT2D eigenvalue weighted by atomic mass is 32.2. The first-order valence-corrected chi connectivity index (χ1v) is 8.36. The van der Waals surface area contributed by atoms with E-state index < -0.39 is 0 Å². The quantitative estimate of drug-likeness (QED) is 0.758. The predicted molar refractivity (Wildman–Crippen MR) is 89.5 cm³/mol. The minimum absolute atomic E-state index is 0.101. The second kappa shape index (κ2) is 7.62. The van der Waals surface area contributed by atoms with E-state index in [2.05, 4.69) is 36.5 Å². The van der Waals surface area contributed by atoms with Crippen molar-refractivity contribution >= 4 is 11.8 Å². The van der Waals surface area contributed by atoms with Crippen molar-refractivity contribution in [2.24, 2.45) is 0 Å². The first-order valence-electron chi connectivity index (χ1n) is 7.37. The molecule has 2 rings (SSSR count). The summed E-state index contributed by atoms with van der Waals surface area (Å²) >= 11 is 1.82. The summed E-state index contributed by atoms with van der Waals surface area (Å²) in [6.07, 6.45) is 0. The van der Waals surface area contributed by atoms with Crippen molar-refractivity contribution in [2.75, 3.05) is 12.3 Å². The molecule has 0 heterocycles. The zero-order chi connectivity index (χ0) is 15.2. The van der Waals surface area contributed by atoms with Crippen molar-refractivity contribution in [1.29, 1.82) is 0 Å². The monoisotopic (exact) mass is 303 g/mol. The Morgan fingerprint density at radius 1 is 1.10 bits per heavy atom. The number of rotatable bonds is 6. The maximum Gasteiger partial charge on any atom is 0.128 e.